The van der Waals surface area contributed by atoms with E-state index in [4.69, 9.17) is 11.6 Å². The van der Waals surface area contributed by atoms with Gasteiger partial charge >= 0.3 is 0 Å². The van der Waals surface area contributed by atoms with E-state index in [9.17, 15) is 0 Å². The summed E-state index contributed by atoms with van der Waals surface area (Å²) >= 11 is 5.88. The number of hydrogen-bond acceptors (Lipinski definition) is 3. The summed E-state index contributed by atoms with van der Waals surface area (Å²) in [6.45, 7) is 11.5. The van der Waals surface area contributed by atoms with Gasteiger partial charge in [0.2, 0.25) is 0 Å². The molecular weight excluding hydrogens is 270 g/mol. The van der Waals surface area contributed by atoms with Crippen molar-refractivity contribution >= 4 is 17.4 Å². The van der Waals surface area contributed by atoms with Gasteiger partial charge in [-0.05, 0) is 58.5 Å². The van der Waals surface area contributed by atoms with E-state index in [1.54, 1.807) is 6.20 Å². The van der Waals surface area contributed by atoms with Gasteiger partial charge in [-0.2, -0.15) is 0 Å². The molecule has 0 radical (unpaired) electrons. The smallest absolute Gasteiger partial charge is 0.144 e. The minimum Gasteiger partial charge on any atom is -0.369 e. The largest absolute Gasteiger partial charge is 0.369 e. The Bertz CT molecular complexity index is 350. The van der Waals surface area contributed by atoms with Crippen LogP contribution >= 0.6 is 11.6 Å². The van der Waals surface area contributed by atoms with Gasteiger partial charge in [-0.1, -0.05) is 31.9 Å². The van der Waals surface area contributed by atoms with Crippen molar-refractivity contribution in [2.45, 2.75) is 47.0 Å². The van der Waals surface area contributed by atoms with Crippen LogP contribution in [-0.2, 0) is 0 Å². The maximum Gasteiger partial charge on any atom is 0.144 e. The van der Waals surface area contributed by atoms with Crippen molar-refractivity contribution in [3.8, 4) is 0 Å². The van der Waals surface area contributed by atoms with Crippen LogP contribution in [0.4, 0.5) is 5.82 Å². The van der Waals surface area contributed by atoms with Gasteiger partial charge in [-0.3, -0.25) is 0 Å². The highest BCUT2D eigenvalue weighted by Crippen LogP contribution is 2.18. The molecule has 3 nitrogen and oxygen atoms in total. The Morgan fingerprint density at radius 2 is 1.85 bits per heavy atom. The van der Waals surface area contributed by atoms with Crippen LogP contribution < -0.4 is 5.32 Å². The van der Waals surface area contributed by atoms with Gasteiger partial charge in [0.25, 0.3) is 0 Å². The number of pyridine rings is 1. The topological polar surface area (TPSA) is 28.2 Å². The minimum atomic E-state index is 0.687. The lowest BCUT2D eigenvalue weighted by atomic mass is 10.1. The highest BCUT2D eigenvalue weighted by molar-refractivity contribution is 6.32. The number of likely N-dealkylation sites (tertiary alicyclic amines) is 1. The third kappa shape index (κ3) is 8.39. The number of hydrogen-bond donors (Lipinski definition) is 1. The summed E-state index contributed by atoms with van der Waals surface area (Å²) in [4.78, 5) is 6.52. The highest BCUT2D eigenvalue weighted by Gasteiger charge is 2.02. The van der Waals surface area contributed by atoms with E-state index in [0.29, 0.717) is 5.02 Å². The number of anilines is 1. The van der Waals surface area contributed by atoms with Crippen LogP contribution in [0.15, 0.2) is 12.3 Å². The Balaban J connectivity index is 0.000000345. The van der Waals surface area contributed by atoms with Crippen LogP contribution in [0.2, 0.25) is 5.02 Å². The summed E-state index contributed by atoms with van der Waals surface area (Å²) in [5.74, 6) is 0.764. The number of rotatable bonds is 2. The second-order valence-electron chi connectivity index (χ2n) is 4.74. The van der Waals surface area contributed by atoms with Crippen molar-refractivity contribution in [3.05, 3.63) is 22.8 Å². The molecule has 116 valence electrons. The first-order chi connectivity index (χ1) is 9.63. The predicted molar refractivity (Wildman–Crippen MR) is 90.8 cm³/mol. The lowest BCUT2D eigenvalue weighted by Gasteiger charge is -2.20. The monoisotopic (exact) mass is 299 g/mol. The van der Waals surface area contributed by atoms with E-state index in [1.807, 2.05) is 33.8 Å². The molecule has 0 aliphatic carbocycles. The van der Waals surface area contributed by atoms with E-state index >= 15 is 0 Å². The summed E-state index contributed by atoms with van der Waals surface area (Å²) < 4.78 is 0. The van der Waals surface area contributed by atoms with Crippen LogP contribution in [0.25, 0.3) is 0 Å². The average molecular weight is 300 g/mol. The van der Waals surface area contributed by atoms with Crippen LogP contribution in [0.1, 0.15) is 45.6 Å². The van der Waals surface area contributed by atoms with Gasteiger partial charge in [0, 0.05) is 12.7 Å². The lowest BCUT2D eigenvalue weighted by molar-refractivity contribution is 0.277. The number of halogens is 1. The molecule has 0 saturated carbocycles. The molecule has 0 amide bonds. The Hall–Kier alpha value is -0.800. The molecule has 2 rings (SSSR count). The zero-order chi connectivity index (χ0) is 15.4. The maximum absolute atomic E-state index is 5.88. The summed E-state index contributed by atoms with van der Waals surface area (Å²) in [5, 5.41) is 3.75. The van der Waals surface area contributed by atoms with Crippen molar-refractivity contribution < 1.29 is 0 Å². The number of piperidine rings is 1. The van der Waals surface area contributed by atoms with Crippen LogP contribution in [0.3, 0.4) is 0 Å². The average Bonchev–Trinajstić information content (AvgIpc) is 2.46. The predicted octanol–water partition coefficient (Wildman–Crippen LogP) is 4.60. The van der Waals surface area contributed by atoms with Crippen molar-refractivity contribution in [2.24, 2.45) is 0 Å². The van der Waals surface area contributed by atoms with E-state index in [2.05, 4.69) is 22.2 Å². The highest BCUT2D eigenvalue weighted by atomic mass is 35.5. The van der Waals surface area contributed by atoms with Gasteiger partial charge in [-0.15, -0.1) is 0 Å². The molecule has 20 heavy (non-hydrogen) atoms. The molecule has 1 aromatic rings. The third-order valence-corrected chi connectivity index (χ3v) is 3.19. The van der Waals surface area contributed by atoms with Crippen molar-refractivity contribution in [1.82, 2.24) is 9.88 Å². The van der Waals surface area contributed by atoms with Gasteiger partial charge in [-0.25, -0.2) is 4.98 Å². The van der Waals surface area contributed by atoms with Crippen molar-refractivity contribution in [3.63, 3.8) is 0 Å². The van der Waals surface area contributed by atoms with Gasteiger partial charge in [0.1, 0.15) is 5.82 Å². The fraction of sp³-hybridized carbons (Fsp3) is 0.688. The first-order valence-electron chi connectivity index (χ1n) is 7.68. The Labute approximate surface area is 129 Å². The molecule has 1 aliphatic heterocycles. The maximum atomic E-state index is 5.88. The molecule has 0 bridgehead atoms. The fourth-order valence-corrected chi connectivity index (χ4v) is 2.17. The molecule has 1 aromatic heterocycles. The summed E-state index contributed by atoms with van der Waals surface area (Å²) in [6.07, 6.45) is 6.07. The number of aromatic nitrogens is 1. The molecule has 1 fully saturated rings. The zero-order valence-corrected chi connectivity index (χ0v) is 14.4. The van der Waals surface area contributed by atoms with Crippen molar-refractivity contribution in [1.29, 1.82) is 0 Å². The van der Waals surface area contributed by atoms with E-state index in [1.165, 1.54) is 32.4 Å². The van der Waals surface area contributed by atoms with E-state index in [0.717, 1.165) is 17.9 Å². The number of nitrogens with zero attached hydrogens (tertiary/aromatic N) is 2. The molecule has 0 spiro atoms. The second kappa shape index (κ2) is 12.0. The Morgan fingerprint density at radius 1 is 1.25 bits per heavy atom. The standard InChI is InChI=1S/C8H11ClN2.C6H13N.C2H6/c1-3-10-8-7(9)4-6(2)5-11-8;1-7-5-3-2-4-6-7;1-2/h4-5H,3H2,1-2H3,(H,10,11);2-6H2,1H3;1-2H3. The minimum absolute atomic E-state index is 0.687. The van der Waals surface area contributed by atoms with Gasteiger partial charge < -0.3 is 10.2 Å². The molecule has 0 aromatic carbocycles. The molecule has 0 unspecified atom stereocenters. The first kappa shape index (κ1) is 19.2. The SMILES string of the molecule is CC.CCNc1ncc(C)cc1Cl.CN1CCCCC1. The molecule has 4 heteroatoms. The summed E-state index contributed by atoms with van der Waals surface area (Å²) in [7, 11) is 2.19. The second-order valence-corrected chi connectivity index (χ2v) is 5.14. The molecule has 1 N–H and O–H groups in total. The third-order valence-electron chi connectivity index (χ3n) is 2.90. The molecule has 0 atom stereocenters. The molecular formula is C16H30ClN3. The van der Waals surface area contributed by atoms with Crippen LogP contribution in [0.5, 0.6) is 0 Å². The van der Waals surface area contributed by atoms with Gasteiger partial charge in [0.15, 0.2) is 0 Å². The summed E-state index contributed by atoms with van der Waals surface area (Å²) in [6, 6.07) is 1.90. The summed E-state index contributed by atoms with van der Waals surface area (Å²) in [5.41, 5.74) is 1.08. The number of aryl methyl sites for hydroxylation is 1. The van der Waals surface area contributed by atoms with Crippen molar-refractivity contribution in [2.75, 3.05) is 32.0 Å². The fourth-order valence-electron chi connectivity index (χ4n) is 1.88. The first-order valence-corrected chi connectivity index (χ1v) is 8.06. The zero-order valence-electron chi connectivity index (χ0n) is 13.7. The number of nitrogens with one attached hydrogen (secondary N) is 1. The molecule has 1 aliphatic rings. The lowest BCUT2D eigenvalue weighted by Crippen LogP contribution is -2.24. The van der Waals surface area contributed by atoms with E-state index < -0.39 is 0 Å². The quantitative estimate of drug-likeness (QED) is 0.865. The molecule has 1 saturated heterocycles. The van der Waals surface area contributed by atoms with Gasteiger partial charge in [0.05, 0.1) is 5.02 Å². The Kier molecular flexibility index (Phi) is 11.5. The van der Waals surface area contributed by atoms with Crippen LogP contribution in [0, 0.1) is 6.92 Å². The normalized spacial score (nSPS) is 14.5. The van der Waals surface area contributed by atoms with E-state index in [-0.39, 0.29) is 0 Å². The van der Waals surface area contributed by atoms with Crippen LogP contribution in [-0.4, -0.2) is 36.6 Å². The Morgan fingerprint density at radius 3 is 2.25 bits per heavy atom. The molecule has 2 heterocycles.